The summed E-state index contributed by atoms with van der Waals surface area (Å²) in [4.78, 5) is 0. The predicted octanol–water partition coefficient (Wildman–Crippen LogP) is 10.7. The molecule has 0 spiro atoms. The second-order valence-corrected chi connectivity index (χ2v) is 24.2. The number of benzene rings is 2. The van der Waals surface area contributed by atoms with Crippen molar-refractivity contribution in [1.82, 2.24) is 0 Å². The molecule has 2 aromatic carbocycles. The van der Waals surface area contributed by atoms with Gasteiger partial charge in [0.2, 0.25) is 0 Å². The number of hydrogen-bond donors (Lipinski definition) is 0. The van der Waals surface area contributed by atoms with E-state index in [1.54, 1.807) is 76.4 Å². The lowest BCUT2D eigenvalue weighted by Crippen LogP contribution is -2.46. The molecule has 0 heterocycles. The second-order valence-electron chi connectivity index (χ2n) is 13.8. The van der Waals surface area contributed by atoms with Gasteiger partial charge in [0.05, 0.1) is 0 Å². The van der Waals surface area contributed by atoms with Crippen LogP contribution in [0.5, 0.6) is 0 Å². The SMILES string of the molecule is Cc1ccccc1C(O[Si](C)(C)C(C)(C)C)C(F)(F)O[PH](=O)OC(F)(F)C(O[Si](C)(C)C(C)(C)C)c1ccccc1C. The van der Waals surface area contributed by atoms with Gasteiger partial charge in [0.15, 0.2) is 28.8 Å². The average molecular weight is 651 g/mol. The van der Waals surface area contributed by atoms with Crippen molar-refractivity contribution in [3.8, 4) is 0 Å². The van der Waals surface area contributed by atoms with Crippen LogP contribution in [0.2, 0.25) is 36.3 Å². The first kappa shape index (κ1) is 36.9. The van der Waals surface area contributed by atoms with Gasteiger partial charge < -0.3 is 8.85 Å². The van der Waals surface area contributed by atoms with Gasteiger partial charge in [0, 0.05) is 0 Å². The molecule has 2 rings (SSSR count). The quantitative estimate of drug-likeness (QED) is 0.130. The standard InChI is InChI=1S/C30H47F4O5PSi2/c1-21-17-13-15-19-23(21)25(36-41(9,10)27(3,4)5)29(31,32)38-40(35)39-30(33,34)26(24-20-16-14-18-22(24)2)37-42(11,12)28(6,7)8/h13-20,25-26,40H,1-12H3. The smallest absolute Gasteiger partial charge is 0.391 e. The lowest BCUT2D eigenvalue weighted by molar-refractivity contribution is -0.266. The first-order chi connectivity index (χ1) is 18.8. The summed E-state index contributed by atoms with van der Waals surface area (Å²) in [5.74, 6) is 0. The van der Waals surface area contributed by atoms with E-state index >= 15 is 17.6 Å². The minimum absolute atomic E-state index is 0.105. The fourth-order valence-corrected chi connectivity index (χ4v) is 6.80. The summed E-state index contributed by atoms with van der Waals surface area (Å²) in [7, 11) is -10.2. The fraction of sp³-hybridized carbons (Fsp3) is 0.600. The third-order valence-corrected chi connectivity index (χ3v) is 18.2. The Morgan fingerprint density at radius 2 is 0.905 bits per heavy atom. The summed E-state index contributed by atoms with van der Waals surface area (Å²) in [5, 5.41) is -0.915. The van der Waals surface area contributed by atoms with Crippen molar-refractivity contribution in [3.63, 3.8) is 0 Å². The minimum atomic E-state index is -4.49. The van der Waals surface area contributed by atoms with E-state index in [1.807, 2.05) is 41.5 Å². The van der Waals surface area contributed by atoms with Crippen molar-refractivity contribution in [2.24, 2.45) is 0 Å². The Bertz CT molecular complexity index is 1150. The van der Waals surface area contributed by atoms with Crippen LogP contribution < -0.4 is 0 Å². The van der Waals surface area contributed by atoms with Crippen LogP contribution in [0, 0.1) is 13.8 Å². The van der Waals surface area contributed by atoms with E-state index in [-0.39, 0.29) is 11.1 Å². The summed E-state index contributed by atoms with van der Waals surface area (Å²) in [6.07, 6.45) is -12.5. The molecule has 0 fully saturated rings. The van der Waals surface area contributed by atoms with Crippen molar-refractivity contribution in [3.05, 3.63) is 70.8 Å². The highest BCUT2D eigenvalue weighted by Gasteiger charge is 2.54. The van der Waals surface area contributed by atoms with E-state index in [0.717, 1.165) is 0 Å². The summed E-state index contributed by atoms with van der Waals surface area (Å²) in [5.41, 5.74) is 1.18. The third kappa shape index (κ3) is 8.86. The molecule has 5 nitrogen and oxygen atoms in total. The van der Waals surface area contributed by atoms with Crippen LogP contribution in [0.15, 0.2) is 48.5 Å². The Kier molecular flexibility index (Phi) is 11.4. The second kappa shape index (κ2) is 13.0. The highest BCUT2D eigenvalue weighted by molar-refractivity contribution is 7.33. The highest BCUT2D eigenvalue weighted by Crippen LogP contribution is 2.52. The molecule has 0 aliphatic carbocycles. The zero-order valence-electron chi connectivity index (χ0n) is 26.8. The Morgan fingerprint density at radius 3 is 1.17 bits per heavy atom. The van der Waals surface area contributed by atoms with Gasteiger partial charge in [-0.3, -0.25) is 4.57 Å². The molecule has 2 atom stereocenters. The Morgan fingerprint density at radius 1 is 0.619 bits per heavy atom. The zero-order chi connectivity index (χ0) is 32.5. The molecule has 0 aliphatic heterocycles. The van der Waals surface area contributed by atoms with Gasteiger partial charge in [-0.05, 0) is 72.4 Å². The van der Waals surface area contributed by atoms with Crippen molar-refractivity contribution in [2.75, 3.05) is 0 Å². The maximum atomic E-state index is 15.9. The summed E-state index contributed by atoms with van der Waals surface area (Å²) >= 11 is 0. The van der Waals surface area contributed by atoms with Crippen molar-refractivity contribution < 1.29 is 40.0 Å². The Labute approximate surface area is 251 Å². The number of halogens is 4. The molecule has 42 heavy (non-hydrogen) atoms. The van der Waals surface area contributed by atoms with E-state index in [1.165, 1.54) is 12.1 Å². The molecule has 238 valence electrons. The zero-order valence-corrected chi connectivity index (χ0v) is 29.8. The molecular formula is C30H47F4O5PSi2. The molecule has 0 N–H and O–H groups in total. The van der Waals surface area contributed by atoms with E-state index < -0.39 is 59.4 Å². The normalized spacial score (nSPS) is 16.3. The molecule has 0 saturated heterocycles. The molecule has 2 unspecified atom stereocenters. The van der Waals surface area contributed by atoms with Gasteiger partial charge in [-0.25, -0.2) is 9.05 Å². The molecule has 0 saturated carbocycles. The van der Waals surface area contributed by atoms with Crippen LogP contribution in [-0.4, -0.2) is 28.9 Å². The summed E-state index contributed by atoms with van der Waals surface area (Å²) < 4.78 is 97.7. The lowest BCUT2D eigenvalue weighted by atomic mass is 10.0. The number of rotatable bonds is 12. The molecule has 0 aliphatic rings. The third-order valence-electron chi connectivity index (χ3n) is 8.43. The van der Waals surface area contributed by atoms with Crippen molar-refractivity contribution >= 4 is 24.9 Å². The molecule has 2 aromatic rings. The van der Waals surface area contributed by atoms with Crippen LogP contribution >= 0.6 is 8.25 Å². The largest absolute Gasteiger partial charge is 0.402 e. The minimum Gasteiger partial charge on any atom is -0.402 e. The molecular weight excluding hydrogens is 603 g/mol. The number of aryl methyl sites for hydroxylation is 2. The van der Waals surface area contributed by atoms with Gasteiger partial charge in [-0.1, -0.05) is 90.1 Å². The average Bonchev–Trinajstić information content (AvgIpc) is 2.80. The molecule has 0 bridgehead atoms. The summed E-state index contributed by atoms with van der Waals surface area (Å²) in [6, 6.07) is 12.7. The lowest BCUT2D eigenvalue weighted by Gasteiger charge is -2.42. The van der Waals surface area contributed by atoms with Crippen LogP contribution in [0.3, 0.4) is 0 Å². The monoisotopic (exact) mass is 650 g/mol. The van der Waals surface area contributed by atoms with Crippen LogP contribution in [0.1, 0.15) is 76.0 Å². The van der Waals surface area contributed by atoms with E-state index in [4.69, 9.17) is 8.85 Å². The van der Waals surface area contributed by atoms with Crippen molar-refractivity contribution in [2.45, 2.75) is 116 Å². The number of hydrogen-bond acceptors (Lipinski definition) is 5. The fourth-order valence-electron chi connectivity index (χ4n) is 3.68. The van der Waals surface area contributed by atoms with Gasteiger partial charge in [0.1, 0.15) is 0 Å². The molecule has 0 amide bonds. The van der Waals surface area contributed by atoms with E-state index in [2.05, 4.69) is 9.05 Å². The maximum Gasteiger partial charge on any atom is 0.391 e. The van der Waals surface area contributed by atoms with E-state index in [9.17, 15) is 4.57 Å². The van der Waals surface area contributed by atoms with E-state index in [0.29, 0.717) is 11.1 Å². The molecule has 0 aromatic heterocycles. The molecule has 12 heteroatoms. The summed E-state index contributed by atoms with van der Waals surface area (Å²) in [6.45, 7) is 21.7. The topological polar surface area (TPSA) is 54.0 Å². The highest BCUT2D eigenvalue weighted by atomic mass is 31.1. The van der Waals surface area contributed by atoms with Gasteiger partial charge in [-0.15, -0.1) is 0 Å². The van der Waals surface area contributed by atoms with Gasteiger partial charge >= 0.3 is 20.5 Å². The Balaban J connectivity index is 2.47. The predicted molar refractivity (Wildman–Crippen MR) is 165 cm³/mol. The van der Waals surface area contributed by atoms with Crippen LogP contribution in [0.4, 0.5) is 17.6 Å². The number of alkyl halides is 4. The first-order valence-corrected chi connectivity index (χ1v) is 21.0. The van der Waals surface area contributed by atoms with Gasteiger partial charge in [-0.2, -0.15) is 17.6 Å². The Hall–Kier alpha value is -1.34. The first-order valence-electron chi connectivity index (χ1n) is 14.0. The maximum absolute atomic E-state index is 15.9. The van der Waals surface area contributed by atoms with Gasteiger partial charge in [0.25, 0.3) is 0 Å². The van der Waals surface area contributed by atoms with Crippen molar-refractivity contribution in [1.29, 1.82) is 0 Å². The van der Waals surface area contributed by atoms with Crippen LogP contribution in [-0.2, 0) is 22.5 Å². The van der Waals surface area contributed by atoms with Crippen LogP contribution in [0.25, 0.3) is 0 Å². The molecule has 0 radical (unpaired) electrons.